The Labute approximate surface area is 127 Å². The maximum atomic E-state index is 12.1. The highest BCUT2D eigenvalue weighted by molar-refractivity contribution is 9.10. The van der Waals surface area contributed by atoms with Crippen LogP contribution >= 0.6 is 27.5 Å². The molecule has 106 valence electrons. The molecule has 0 aromatic heterocycles. The van der Waals surface area contributed by atoms with Gasteiger partial charge in [0.25, 0.3) is 0 Å². The molecule has 0 radical (unpaired) electrons. The van der Waals surface area contributed by atoms with Gasteiger partial charge in [0, 0.05) is 11.0 Å². The third kappa shape index (κ3) is 4.16. The molecule has 0 spiro atoms. The van der Waals surface area contributed by atoms with E-state index in [2.05, 4.69) is 26.0 Å². The van der Waals surface area contributed by atoms with Gasteiger partial charge in [-0.2, -0.15) is 0 Å². The minimum Gasteiger partial charge on any atom is -0.316 e. The molecule has 1 aliphatic heterocycles. The van der Waals surface area contributed by atoms with Crippen molar-refractivity contribution in [3.63, 3.8) is 0 Å². The zero-order valence-electron chi connectivity index (χ0n) is 10.3. The predicted molar refractivity (Wildman–Crippen MR) is 79.9 cm³/mol. The first-order valence-electron chi connectivity index (χ1n) is 6.14. The van der Waals surface area contributed by atoms with E-state index in [0.717, 1.165) is 30.4 Å². The molecule has 1 aliphatic rings. The van der Waals surface area contributed by atoms with Crippen LogP contribution in [-0.4, -0.2) is 28.1 Å². The van der Waals surface area contributed by atoms with Crippen molar-refractivity contribution in [2.24, 2.45) is 5.92 Å². The van der Waals surface area contributed by atoms with Crippen molar-refractivity contribution in [3.8, 4) is 0 Å². The molecule has 1 heterocycles. The van der Waals surface area contributed by atoms with Crippen molar-refractivity contribution in [2.45, 2.75) is 17.7 Å². The highest BCUT2D eigenvalue weighted by Crippen LogP contribution is 2.25. The number of hydrogen-bond acceptors (Lipinski definition) is 3. The van der Waals surface area contributed by atoms with Crippen LogP contribution in [0, 0.1) is 5.92 Å². The molecule has 19 heavy (non-hydrogen) atoms. The molecular formula is C12H16BrClN2O2S. The van der Waals surface area contributed by atoms with Crippen molar-refractivity contribution in [1.29, 1.82) is 0 Å². The van der Waals surface area contributed by atoms with Crippen molar-refractivity contribution in [1.82, 2.24) is 10.0 Å². The van der Waals surface area contributed by atoms with Gasteiger partial charge in [-0.25, -0.2) is 13.1 Å². The number of hydrogen-bond donors (Lipinski definition) is 2. The molecule has 0 bridgehead atoms. The lowest BCUT2D eigenvalue weighted by Gasteiger charge is -2.11. The summed E-state index contributed by atoms with van der Waals surface area (Å²) in [6.07, 6.45) is 1.96. The lowest BCUT2D eigenvalue weighted by atomic mass is 10.1. The van der Waals surface area contributed by atoms with Crippen LogP contribution in [0.15, 0.2) is 27.6 Å². The fourth-order valence-corrected chi connectivity index (χ4v) is 4.21. The summed E-state index contributed by atoms with van der Waals surface area (Å²) in [6.45, 7) is 2.44. The number of benzene rings is 1. The van der Waals surface area contributed by atoms with Crippen molar-refractivity contribution >= 4 is 37.6 Å². The van der Waals surface area contributed by atoms with Gasteiger partial charge in [-0.15, -0.1) is 0 Å². The Balaban J connectivity index is 1.97. The van der Waals surface area contributed by atoms with Gasteiger partial charge >= 0.3 is 0 Å². The molecule has 0 saturated carbocycles. The summed E-state index contributed by atoms with van der Waals surface area (Å²) in [4.78, 5) is 0.127. The smallest absolute Gasteiger partial charge is 0.242 e. The van der Waals surface area contributed by atoms with Gasteiger partial charge < -0.3 is 5.32 Å². The summed E-state index contributed by atoms with van der Waals surface area (Å²) in [5.74, 6) is 0.558. The Morgan fingerprint density at radius 3 is 2.89 bits per heavy atom. The first kappa shape index (κ1) is 15.3. The molecule has 1 fully saturated rings. The number of sulfonamides is 1. The predicted octanol–water partition coefficient (Wildman–Crippen LogP) is 2.38. The molecule has 2 N–H and O–H groups in total. The van der Waals surface area contributed by atoms with Crippen molar-refractivity contribution in [2.75, 3.05) is 19.6 Å². The molecular weight excluding hydrogens is 352 g/mol. The second kappa shape index (κ2) is 6.54. The van der Waals surface area contributed by atoms with Crippen LogP contribution in [0.5, 0.6) is 0 Å². The summed E-state index contributed by atoms with van der Waals surface area (Å²) >= 11 is 9.21. The molecule has 7 heteroatoms. The van der Waals surface area contributed by atoms with Crippen LogP contribution < -0.4 is 10.0 Å². The van der Waals surface area contributed by atoms with E-state index in [0.29, 0.717) is 12.5 Å². The Morgan fingerprint density at radius 2 is 2.26 bits per heavy atom. The average molecular weight is 368 g/mol. The van der Waals surface area contributed by atoms with Crippen molar-refractivity contribution in [3.05, 3.63) is 27.7 Å². The van der Waals surface area contributed by atoms with Crippen LogP contribution in [0.2, 0.25) is 5.02 Å². The van der Waals surface area contributed by atoms with E-state index in [1.165, 1.54) is 6.07 Å². The van der Waals surface area contributed by atoms with Crippen LogP contribution in [0.3, 0.4) is 0 Å². The van der Waals surface area contributed by atoms with Gasteiger partial charge in [-0.3, -0.25) is 0 Å². The van der Waals surface area contributed by atoms with Gasteiger partial charge in [0.1, 0.15) is 4.90 Å². The van der Waals surface area contributed by atoms with E-state index >= 15 is 0 Å². The summed E-state index contributed by atoms with van der Waals surface area (Å²) in [7, 11) is -3.52. The molecule has 0 aliphatic carbocycles. The Morgan fingerprint density at radius 1 is 1.47 bits per heavy atom. The largest absolute Gasteiger partial charge is 0.316 e. The lowest BCUT2D eigenvalue weighted by Crippen LogP contribution is -2.26. The third-order valence-electron chi connectivity index (χ3n) is 3.19. The van der Waals surface area contributed by atoms with Crippen molar-refractivity contribution < 1.29 is 8.42 Å². The van der Waals surface area contributed by atoms with Gasteiger partial charge in [-0.05, 0) is 50.0 Å². The maximum Gasteiger partial charge on any atom is 0.242 e. The highest BCUT2D eigenvalue weighted by atomic mass is 79.9. The molecule has 1 aromatic rings. The van der Waals surface area contributed by atoms with Crippen LogP contribution in [0.1, 0.15) is 12.8 Å². The Bertz CT molecular complexity index is 545. The van der Waals surface area contributed by atoms with Gasteiger partial charge in [-0.1, -0.05) is 27.5 Å². The molecule has 1 saturated heterocycles. The zero-order chi connectivity index (χ0) is 13.9. The zero-order valence-corrected chi connectivity index (χ0v) is 13.5. The average Bonchev–Trinajstić information content (AvgIpc) is 2.81. The highest BCUT2D eigenvalue weighted by Gasteiger charge is 2.19. The molecule has 0 amide bonds. The number of rotatable bonds is 5. The molecule has 2 rings (SSSR count). The van der Waals surface area contributed by atoms with E-state index in [1.54, 1.807) is 12.1 Å². The van der Waals surface area contributed by atoms with Gasteiger partial charge in [0.15, 0.2) is 0 Å². The normalized spacial score (nSPS) is 19.8. The quantitative estimate of drug-likeness (QED) is 0.840. The topological polar surface area (TPSA) is 58.2 Å². The third-order valence-corrected chi connectivity index (χ3v) is 5.63. The van der Waals surface area contributed by atoms with Gasteiger partial charge in [0.2, 0.25) is 10.0 Å². The summed E-state index contributed by atoms with van der Waals surface area (Å²) in [5, 5.41) is 3.49. The van der Waals surface area contributed by atoms with E-state index in [9.17, 15) is 8.42 Å². The summed E-state index contributed by atoms with van der Waals surface area (Å²) < 4.78 is 27.6. The minimum atomic E-state index is -3.52. The first-order chi connectivity index (χ1) is 8.99. The lowest BCUT2D eigenvalue weighted by molar-refractivity contribution is 0.519. The Kier molecular flexibility index (Phi) is 5.25. The fraction of sp³-hybridized carbons (Fsp3) is 0.500. The number of halogens is 2. The fourth-order valence-electron chi connectivity index (χ4n) is 2.13. The maximum absolute atomic E-state index is 12.1. The van der Waals surface area contributed by atoms with Crippen LogP contribution in [0.25, 0.3) is 0 Å². The van der Waals surface area contributed by atoms with Crippen LogP contribution in [-0.2, 0) is 10.0 Å². The first-order valence-corrected chi connectivity index (χ1v) is 8.80. The van der Waals surface area contributed by atoms with E-state index in [1.807, 2.05) is 0 Å². The monoisotopic (exact) mass is 366 g/mol. The molecule has 1 aromatic carbocycles. The van der Waals surface area contributed by atoms with Crippen LogP contribution in [0.4, 0.5) is 0 Å². The van der Waals surface area contributed by atoms with Gasteiger partial charge in [0.05, 0.1) is 5.02 Å². The minimum absolute atomic E-state index is 0.127. The Hall–Kier alpha value is -0.140. The second-order valence-corrected chi connectivity index (χ2v) is 7.68. The van der Waals surface area contributed by atoms with E-state index < -0.39 is 10.0 Å². The number of nitrogens with one attached hydrogen (secondary N) is 2. The molecule has 1 unspecified atom stereocenters. The summed E-state index contributed by atoms with van der Waals surface area (Å²) in [6, 6.07) is 4.75. The second-order valence-electron chi connectivity index (χ2n) is 4.62. The van der Waals surface area contributed by atoms with E-state index in [4.69, 9.17) is 11.6 Å². The summed E-state index contributed by atoms with van der Waals surface area (Å²) in [5.41, 5.74) is 0. The molecule has 1 atom stereocenters. The SMILES string of the molecule is O=S(=O)(NCCC1CCNC1)c1ccc(Br)cc1Cl. The molecule has 4 nitrogen and oxygen atoms in total. The standard InChI is InChI=1S/C12H16BrClN2O2S/c13-10-1-2-12(11(14)7-10)19(17,18)16-6-4-9-3-5-15-8-9/h1-2,7,9,15-16H,3-6,8H2. The van der Waals surface area contributed by atoms with E-state index in [-0.39, 0.29) is 9.92 Å².